The van der Waals surface area contributed by atoms with E-state index in [1.54, 1.807) is 23.9 Å². The Morgan fingerprint density at radius 1 is 1.45 bits per heavy atom. The van der Waals surface area contributed by atoms with Crippen LogP contribution >= 0.6 is 11.8 Å². The lowest BCUT2D eigenvalue weighted by Gasteiger charge is -2.13. The number of carbonyl (C=O) groups is 1. The molecule has 1 saturated carbocycles. The van der Waals surface area contributed by atoms with Crippen LogP contribution in [0.3, 0.4) is 0 Å². The van der Waals surface area contributed by atoms with Crippen molar-refractivity contribution in [3.05, 3.63) is 29.6 Å². The fraction of sp³-hybridized carbons (Fsp3) is 0.533. The van der Waals surface area contributed by atoms with Crippen LogP contribution in [-0.2, 0) is 16.1 Å². The third-order valence-electron chi connectivity index (χ3n) is 3.56. The first kappa shape index (κ1) is 15.3. The van der Waals surface area contributed by atoms with E-state index in [9.17, 15) is 9.18 Å². The Morgan fingerprint density at radius 2 is 2.20 bits per heavy atom. The third kappa shape index (κ3) is 4.21. The van der Waals surface area contributed by atoms with Crippen molar-refractivity contribution >= 4 is 17.7 Å². The third-order valence-corrected chi connectivity index (χ3v) is 4.89. The molecular formula is C15H20FNO2S. The average Bonchev–Trinajstić information content (AvgIpc) is 3.16. The van der Waals surface area contributed by atoms with Crippen LogP contribution in [0.2, 0.25) is 0 Å². The lowest BCUT2D eigenvalue weighted by atomic mass is 10.1. The molecule has 0 saturated heterocycles. The minimum atomic E-state index is -0.210. The van der Waals surface area contributed by atoms with E-state index < -0.39 is 0 Å². The standard InChI is InChI=1S/C15H20FNO2S/c1-17-9-11-5-12(16)7-13(6-11)20-10-15(3-4-15)8-14(18)19-2/h5-7,17H,3-4,8-10H2,1-2H3. The fourth-order valence-corrected chi connectivity index (χ4v) is 3.47. The molecule has 3 nitrogen and oxygen atoms in total. The number of carbonyl (C=O) groups excluding carboxylic acids is 1. The molecule has 1 aliphatic rings. The minimum absolute atomic E-state index is 0.0627. The van der Waals surface area contributed by atoms with Gasteiger partial charge in [0.15, 0.2) is 0 Å². The number of hydrogen-bond acceptors (Lipinski definition) is 4. The smallest absolute Gasteiger partial charge is 0.306 e. The summed E-state index contributed by atoms with van der Waals surface area (Å²) < 4.78 is 18.3. The van der Waals surface area contributed by atoms with Crippen molar-refractivity contribution in [3.8, 4) is 0 Å². The molecule has 0 bridgehead atoms. The second kappa shape index (κ2) is 6.59. The molecule has 0 heterocycles. The molecule has 0 atom stereocenters. The zero-order valence-corrected chi connectivity index (χ0v) is 12.7. The van der Waals surface area contributed by atoms with E-state index in [2.05, 4.69) is 5.32 Å². The molecule has 0 aromatic heterocycles. The van der Waals surface area contributed by atoms with E-state index in [0.717, 1.165) is 29.1 Å². The lowest BCUT2D eigenvalue weighted by Crippen LogP contribution is -2.13. The predicted molar refractivity (Wildman–Crippen MR) is 78.2 cm³/mol. The van der Waals surface area contributed by atoms with Crippen molar-refractivity contribution in [2.45, 2.75) is 30.7 Å². The number of esters is 1. The Morgan fingerprint density at radius 3 is 2.80 bits per heavy atom. The molecule has 1 N–H and O–H groups in total. The predicted octanol–water partition coefficient (Wildman–Crippen LogP) is 2.98. The van der Waals surface area contributed by atoms with Crippen molar-refractivity contribution in [2.75, 3.05) is 19.9 Å². The minimum Gasteiger partial charge on any atom is -0.469 e. The first-order valence-corrected chi connectivity index (χ1v) is 7.69. The number of halogens is 1. The van der Waals surface area contributed by atoms with Gasteiger partial charge in [-0.1, -0.05) is 0 Å². The number of thioether (sulfide) groups is 1. The molecular weight excluding hydrogens is 277 g/mol. The quantitative estimate of drug-likeness (QED) is 0.620. The Hall–Kier alpha value is -1.07. The van der Waals surface area contributed by atoms with Crippen LogP contribution in [0.1, 0.15) is 24.8 Å². The maximum atomic E-state index is 13.5. The van der Waals surface area contributed by atoms with E-state index in [0.29, 0.717) is 13.0 Å². The van der Waals surface area contributed by atoms with E-state index in [1.165, 1.54) is 7.11 Å². The van der Waals surface area contributed by atoms with Gasteiger partial charge in [0.1, 0.15) is 5.82 Å². The van der Waals surface area contributed by atoms with Crippen LogP contribution in [0, 0.1) is 11.2 Å². The van der Waals surface area contributed by atoms with Crippen LogP contribution in [0.4, 0.5) is 4.39 Å². The van der Waals surface area contributed by atoms with Gasteiger partial charge in [-0.05, 0) is 49.1 Å². The van der Waals surface area contributed by atoms with Gasteiger partial charge in [-0.25, -0.2) is 4.39 Å². The summed E-state index contributed by atoms with van der Waals surface area (Å²) in [5.41, 5.74) is 1.00. The summed E-state index contributed by atoms with van der Waals surface area (Å²) in [5, 5.41) is 3.02. The molecule has 5 heteroatoms. The summed E-state index contributed by atoms with van der Waals surface area (Å²) in [5.74, 6) is 0.473. The monoisotopic (exact) mass is 297 g/mol. The summed E-state index contributed by atoms with van der Waals surface area (Å²) in [4.78, 5) is 12.3. The molecule has 1 aromatic rings. The van der Waals surface area contributed by atoms with Crippen LogP contribution in [0.25, 0.3) is 0 Å². The van der Waals surface area contributed by atoms with Crippen molar-refractivity contribution in [1.82, 2.24) is 5.32 Å². The van der Waals surface area contributed by atoms with E-state index in [-0.39, 0.29) is 17.2 Å². The molecule has 110 valence electrons. The molecule has 1 fully saturated rings. The maximum absolute atomic E-state index is 13.5. The normalized spacial score (nSPS) is 15.9. The number of hydrogen-bond donors (Lipinski definition) is 1. The van der Waals surface area contributed by atoms with Crippen molar-refractivity contribution in [2.24, 2.45) is 5.41 Å². The summed E-state index contributed by atoms with van der Waals surface area (Å²) in [6.45, 7) is 0.651. The second-order valence-electron chi connectivity index (χ2n) is 5.37. The topological polar surface area (TPSA) is 38.3 Å². The maximum Gasteiger partial charge on any atom is 0.306 e. The molecule has 2 rings (SSSR count). The second-order valence-corrected chi connectivity index (χ2v) is 6.42. The van der Waals surface area contributed by atoms with Gasteiger partial charge < -0.3 is 10.1 Å². The summed E-state index contributed by atoms with van der Waals surface area (Å²) >= 11 is 1.62. The molecule has 0 amide bonds. The van der Waals surface area contributed by atoms with Gasteiger partial charge in [0, 0.05) is 17.2 Å². The van der Waals surface area contributed by atoms with Crippen molar-refractivity contribution in [1.29, 1.82) is 0 Å². The molecule has 0 spiro atoms. The molecule has 0 unspecified atom stereocenters. The summed E-state index contributed by atoms with van der Waals surface area (Å²) in [7, 11) is 3.26. The highest BCUT2D eigenvalue weighted by molar-refractivity contribution is 7.99. The first-order chi connectivity index (χ1) is 9.57. The Balaban J connectivity index is 1.95. The molecule has 0 radical (unpaired) electrons. The number of benzene rings is 1. The van der Waals surface area contributed by atoms with E-state index >= 15 is 0 Å². The zero-order valence-electron chi connectivity index (χ0n) is 11.9. The van der Waals surface area contributed by atoms with Crippen molar-refractivity contribution < 1.29 is 13.9 Å². The SMILES string of the molecule is CNCc1cc(F)cc(SCC2(CC(=O)OC)CC2)c1. The first-order valence-electron chi connectivity index (χ1n) is 6.71. The van der Waals surface area contributed by atoms with Crippen LogP contribution < -0.4 is 5.32 Å². The van der Waals surface area contributed by atoms with Gasteiger partial charge in [-0.15, -0.1) is 11.8 Å². The highest BCUT2D eigenvalue weighted by atomic mass is 32.2. The number of rotatable bonds is 7. The van der Waals surface area contributed by atoms with Gasteiger partial charge in [0.25, 0.3) is 0 Å². The summed E-state index contributed by atoms with van der Waals surface area (Å²) in [6.07, 6.45) is 2.57. The molecule has 20 heavy (non-hydrogen) atoms. The van der Waals surface area contributed by atoms with Crippen LogP contribution in [0.5, 0.6) is 0 Å². The zero-order chi connectivity index (χ0) is 14.6. The highest BCUT2D eigenvalue weighted by Crippen LogP contribution is 2.52. The largest absolute Gasteiger partial charge is 0.469 e. The van der Waals surface area contributed by atoms with Gasteiger partial charge in [0.2, 0.25) is 0 Å². The Bertz CT molecular complexity index is 489. The van der Waals surface area contributed by atoms with Crippen LogP contribution in [-0.4, -0.2) is 25.9 Å². The molecule has 1 aliphatic carbocycles. The fourth-order valence-electron chi connectivity index (χ4n) is 2.17. The van der Waals surface area contributed by atoms with Gasteiger partial charge in [-0.3, -0.25) is 4.79 Å². The van der Waals surface area contributed by atoms with Gasteiger partial charge in [-0.2, -0.15) is 0 Å². The average molecular weight is 297 g/mol. The highest BCUT2D eigenvalue weighted by Gasteiger charge is 2.44. The van der Waals surface area contributed by atoms with Crippen molar-refractivity contribution in [3.63, 3.8) is 0 Å². The Labute approximate surface area is 123 Å². The van der Waals surface area contributed by atoms with Crippen LogP contribution in [0.15, 0.2) is 23.1 Å². The van der Waals surface area contributed by atoms with Gasteiger partial charge in [0.05, 0.1) is 13.5 Å². The number of ether oxygens (including phenoxy) is 1. The lowest BCUT2D eigenvalue weighted by molar-refractivity contribution is -0.141. The Kier molecular flexibility index (Phi) is 5.05. The number of nitrogens with one attached hydrogen (secondary N) is 1. The van der Waals surface area contributed by atoms with E-state index in [1.807, 2.05) is 13.1 Å². The number of methoxy groups -OCH3 is 1. The molecule has 1 aromatic carbocycles. The van der Waals surface area contributed by atoms with E-state index in [4.69, 9.17) is 4.74 Å². The molecule has 0 aliphatic heterocycles. The van der Waals surface area contributed by atoms with Gasteiger partial charge >= 0.3 is 5.97 Å². The summed E-state index contributed by atoms with van der Waals surface area (Å²) in [6, 6.07) is 5.10.